The van der Waals surface area contributed by atoms with Crippen molar-refractivity contribution in [1.29, 1.82) is 0 Å². The normalized spacial score (nSPS) is 19.7. The number of ether oxygens (including phenoxy) is 2. The molecule has 0 fully saturated rings. The predicted octanol–water partition coefficient (Wildman–Crippen LogP) is 5.35. The van der Waals surface area contributed by atoms with E-state index in [1.54, 1.807) is 27.0 Å². The van der Waals surface area contributed by atoms with Gasteiger partial charge in [-0.15, -0.1) is 0 Å². The van der Waals surface area contributed by atoms with E-state index in [0.29, 0.717) is 37.2 Å². The summed E-state index contributed by atoms with van der Waals surface area (Å²) in [5.74, 6) is -1.38. The van der Waals surface area contributed by atoms with E-state index in [0.717, 1.165) is 24.8 Å². The van der Waals surface area contributed by atoms with Crippen molar-refractivity contribution < 1.29 is 28.7 Å². The molecular weight excluding hydrogens is 554 g/mol. The van der Waals surface area contributed by atoms with Gasteiger partial charge in [0.1, 0.15) is 16.9 Å². The number of carbonyl (C=O) groups is 4. The number of carbonyl (C=O) groups excluding carboxylic acids is 4. The van der Waals surface area contributed by atoms with Crippen molar-refractivity contribution >= 4 is 45.4 Å². The number of hydrogen-bond acceptors (Lipinski definition) is 7. The van der Waals surface area contributed by atoms with E-state index in [-0.39, 0.29) is 16.2 Å². The summed E-state index contributed by atoms with van der Waals surface area (Å²) in [4.78, 5) is 53.3. The Morgan fingerprint density at radius 1 is 1.08 bits per heavy atom. The van der Waals surface area contributed by atoms with E-state index in [2.05, 4.69) is 32.2 Å². The monoisotopic (exact) mass is 589 g/mol. The molecule has 0 aromatic carbocycles. The topological polar surface area (TPSA) is 107 Å². The summed E-state index contributed by atoms with van der Waals surface area (Å²) in [5, 5.41) is 2.82. The van der Waals surface area contributed by atoms with Crippen molar-refractivity contribution in [3.05, 3.63) is 39.1 Å². The molecule has 4 rings (SSSR count). The van der Waals surface area contributed by atoms with Crippen molar-refractivity contribution in [2.75, 3.05) is 13.1 Å². The van der Waals surface area contributed by atoms with Crippen LogP contribution in [0.2, 0.25) is 0 Å². The number of nitrogens with one attached hydrogen (secondary N) is 1. The molecule has 0 radical (unpaired) electrons. The quantitative estimate of drug-likeness (QED) is 0.372. The van der Waals surface area contributed by atoms with Crippen LogP contribution in [0.3, 0.4) is 0 Å². The Balaban J connectivity index is 1.55. The van der Waals surface area contributed by atoms with E-state index in [1.165, 1.54) is 10.1 Å². The Hall–Kier alpha value is -2.88. The molecule has 1 aliphatic heterocycles. The molecule has 0 saturated carbocycles. The second-order valence-corrected chi connectivity index (χ2v) is 12.8. The van der Waals surface area contributed by atoms with Gasteiger partial charge < -0.3 is 19.7 Å². The molecule has 38 heavy (non-hydrogen) atoms. The van der Waals surface area contributed by atoms with E-state index < -0.39 is 35.0 Å². The third-order valence-electron chi connectivity index (χ3n) is 6.63. The van der Waals surface area contributed by atoms with Crippen LogP contribution in [0.25, 0.3) is 5.70 Å². The molecule has 206 valence electrons. The van der Waals surface area contributed by atoms with Gasteiger partial charge in [0.15, 0.2) is 0 Å². The third kappa shape index (κ3) is 5.90. The van der Waals surface area contributed by atoms with Gasteiger partial charge in [-0.3, -0.25) is 9.59 Å². The van der Waals surface area contributed by atoms with Crippen molar-refractivity contribution in [1.82, 2.24) is 14.8 Å². The maximum absolute atomic E-state index is 13.1. The Labute approximate surface area is 231 Å². The number of alkyl carbamates (subject to hydrolysis) is 1. The molecule has 1 unspecified atom stereocenters. The minimum absolute atomic E-state index is 0.0790. The molecule has 1 aromatic rings. The van der Waals surface area contributed by atoms with Crippen LogP contribution in [0.4, 0.5) is 9.59 Å². The molecule has 2 aliphatic carbocycles. The standard InChI is InChI=1S/C28H36BrN3O6/c1-27(2,3)37-25(35)30-12-10-16-8-7-9-18(14-16)31-13-11-17-15-32(26(36)38-28(4,5)6)22-19(17)21(31)20(29)23(33)24(22)34/h8,15,18H,7,9-14H2,1-6H3,(H,30,35). The SMILES string of the molecule is CC(C)(C)OC(=O)NCCC1=CCCC(N2CCc3cn(C(=O)OC(C)(C)C)c4c3C2=C(Br)C(=O)C4=O)C1. The molecule has 1 aromatic heterocycles. The fourth-order valence-corrected chi connectivity index (χ4v) is 5.78. The Morgan fingerprint density at radius 2 is 1.76 bits per heavy atom. The minimum atomic E-state index is -0.745. The predicted molar refractivity (Wildman–Crippen MR) is 146 cm³/mol. The van der Waals surface area contributed by atoms with E-state index in [4.69, 9.17) is 9.47 Å². The van der Waals surface area contributed by atoms with Crippen molar-refractivity contribution in [3.8, 4) is 0 Å². The zero-order chi connectivity index (χ0) is 28.0. The molecule has 0 saturated heterocycles. The first kappa shape index (κ1) is 28.1. The third-order valence-corrected chi connectivity index (χ3v) is 7.37. The number of Topliss-reactive ketones (excluding diaryl/α,β-unsaturated/α-hetero) is 2. The number of ketones is 2. The number of rotatable bonds is 4. The molecule has 1 N–H and O–H groups in total. The zero-order valence-corrected chi connectivity index (χ0v) is 24.5. The molecule has 2 heterocycles. The summed E-state index contributed by atoms with van der Waals surface area (Å²) in [7, 11) is 0. The first-order chi connectivity index (χ1) is 17.7. The van der Waals surface area contributed by atoms with Gasteiger partial charge in [0.2, 0.25) is 5.78 Å². The van der Waals surface area contributed by atoms with E-state index in [1.807, 2.05) is 20.8 Å². The fourth-order valence-electron chi connectivity index (χ4n) is 5.18. The summed E-state index contributed by atoms with van der Waals surface area (Å²) in [6.07, 6.45) is 6.63. The smallest absolute Gasteiger partial charge is 0.419 e. The van der Waals surface area contributed by atoms with Crippen LogP contribution in [0.15, 0.2) is 22.3 Å². The second-order valence-electron chi connectivity index (χ2n) is 12.0. The molecule has 3 aliphatic rings. The Bertz CT molecular complexity index is 1240. The first-order valence-electron chi connectivity index (χ1n) is 13.0. The second kappa shape index (κ2) is 10.4. The highest BCUT2D eigenvalue weighted by atomic mass is 79.9. The Morgan fingerprint density at radius 3 is 2.42 bits per heavy atom. The lowest BCUT2D eigenvalue weighted by Crippen LogP contribution is -2.42. The van der Waals surface area contributed by atoms with Gasteiger partial charge >= 0.3 is 12.2 Å². The lowest BCUT2D eigenvalue weighted by molar-refractivity contribution is -0.111. The summed E-state index contributed by atoms with van der Waals surface area (Å²) in [6, 6.07) is 0.117. The van der Waals surface area contributed by atoms with Gasteiger partial charge in [0, 0.05) is 30.9 Å². The van der Waals surface area contributed by atoms with Crippen molar-refractivity contribution in [3.63, 3.8) is 0 Å². The lowest BCUT2D eigenvalue weighted by atomic mass is 9.86. The average molecular weight is 591 g/mol. The van der Waals surface area contributed by atoms with Crippen LogP contribution >= 0.6 is 15.9 Å². The minimum Gasteiger partial charge on any atom is -0.444 e. The molecule has 1 atom stereocenters. The summed E-state index contributed by atoms with van der Waals surface area (Å²) >= 11 is 3.42. The highest BCUT2D eigenvalue weighted by Gasteiger charge is 2.43. The van der Waals surface area contributed by atoms with Gasteiger partial charge in [0.05, 0.1) is 10.2 Å². The first-order valence-corrected chi connectivity index (χ1v) is 13.8. The number of nitrogens with zero attached hydrogens (tertiary/aromatic N) is 2. The molecule has 0 spiro atoms. The highest BCUT2D eigenvalue weighted by Crippen LogP contribution is 2.44. The van der Waals surface area contributed by atoms with Gasteiger partial charge in [-0.1, -0.05) is 11.6 Å². The van der Waals surface area contributed by atoms with E-state index >= 15 is 0 Å². The van der Waals surface area contributed by atoms with Crippen molar-refractivity contribution in [2.45, 2.75) is 90.9 Å². The van der Waals surface area contributed by atoms with Crippen LogP contribution in [-0.2, 0) is 20.7 Å². The molecule has 1 amide bonds. The van der Waals surface area contributed by atoms with Gasteiger partial charge in [0.25, 0.3) is 5.78 Å². The van der Waals surface area contributed by atoms with Crippen LogP contribution in [-0.4, -0.2) is 63.6 Å². The lowest BCUT2D eigenvalue weighted by Gasteiger charge is -2.42. The summed E-state index contributed by atoms with van der Waals surface area (Å²) < 4.78 is 12.3. The highest BCUT2D eigenvalue weighted by molar-refractivity contribution is 9.12. The summed E-state index contributed by atoms with van der Waals surface area (Å²) in [6.45, 7) is 11.9. The van der Waals surface area contributed by atoms with Crippen LogP contribution in [0.5, 0.6) is 0 Å². The summed E-state index contributed by atoms with van der Waals surface area (Å²) in [5.41, 5.74) is 2.17. The molecular formula is C28H36BrN3O6. The van der Waals surface area contributed by atoms with Crippen LogP contribution in [0, 0.1) is 0 Å². The van der Waals surface area contributed by atoms with Gasteiger partial charge in [-0.05, 0) is 95.1 Å². The van der Waals surface area contributed by atoms with Gasteiger partial charge in [-0.2, -0.15) is 0 Å². The fraction of sp³-hybridized carbons (Fsp3) is 0.571. The van der Waals surface area contributed by atoms with E-state index in [9.17, 15) is 19.2 Å². The molecule has 0 bridgehead atoms. The van der Waals surface area contributed by atoms with Crippen LogP contribution in [0.1, 0.15) is 88.8 Å². The molecule has 10 heteroatoms. The molecule has 9 nitrogen and oxygen atoms in total. The van der Waals surface area contributed by atoms with Crippen LogP contribution < -0.4 is 5.32 Å². The maximum Gasteiger partial charge on any atom is 0.419 e. The average Bonchev–Trinajstić information content (AvgIpc) is 3.19. The number of aromatic nitrogens is 1. The number of allylic oxidation sites excluding steroid dienone is 2. The number of halogens is 1. The number of hydrogen-bond donors (Lipinski definition) is 1. The largest absolute Gasteiger partial charge is 0.444 e. The maximum atomic E-state index is 13.1. The number of amides is 1. The zero-order valence-electron chi connectivity index (χ0n) is 22.9. The van der Waals surface area contributed by atoms with Crippen molar-refractivity contribution in [2.24, 2.45) is 0 Å². The Kier molecular flexibility index (Phi) is 7.67. The van der Waals surface area contributed by atoms with Gasteiger partial charge in [-0.25, -0.2) is 14.2 Å².